The molecule has 2 nitrogen and oxygen atoms in total. The van der Waals surface area contributed by atoms with E-state index in [0.29, 0.717) is 6.54 Å². The quantitative estimate of drug-likeness (QED) is 0.828. The zero-order valence-corrected chi connectivity index (χ0v) is 12.2. The van der Waals surface area contributed by atoms with Crippen molar-refractivity contribution in [3.63, 3.8) is 0 Å². The summed E-state index contributed by atoms with van der Waals surface area (Å²) in [5.74, 6) is 1.84. The lowest BCUT2D eigenvalue weighted by Gasteiger charge is -2.25. The molecule has 0 bridgehead atoms. The number of halogens is 1. The van der Waals surface area contributed by atoms with Gasteiger partial charge in [0.25, 0.3) is 0 Å². The van der Waals surface area contributed by atoms with Gasteiger partial charge in [-0.15, -0.1) is 0 Å². The Balaban J connectivity index is 1.73. The Hall–Kier alpha value is -0.730. The van der Waals surface area contributed by atoms with Crippen molar-refractivity contribution in [2.24, 2.45) is 17.6 Å². The minimum atomic E-state index is 0.660. The topological polar surface area (TPSA) is 29.3 Å². The average molecular weight is 279 g/mol. The monoisotopic (exact) mass is 278 g/mol. The average Bonchev–Trinajstić information content (AvgIpc) is 3.26. The smallest absolute Gasteiger partial charge is 0.0459 e. The third-order valence-corrected chi connectivity index (χ3v) is 4.52. The van der Waals surface area contributed by atoms with Gasteiger partial charge in [-0.3, -0.25) is 0 Å². The van der Waals surface area contributed by atoms with E-state index in [2.05, 4.69) is 23.1 Å². The van der Waals surface area contributed by atoms with E-state index < -0.39 is 0 Å². The predicted octanol–water partition coefficient (Wildman–Crippen LogP) is 3.47. The van der Waals surface area contributed by atoms with Crippen LogP contribution in [0, 0.1) is 11.8 Å². The largest absolute Gasteiger partial charge is 0.371 e. The molecule has 1 aromatic carbocycles. The minimum Gasteiger partial charge on any atom is -0.371 e. The molecule has 0 aromatic heterocycles. The van der Waals surface area contributed by atoms with Crippen LogP contribution in [0.2, 0.25) is 5.02 Å². The van der Waals surface area contributed by atoms with Gasteiger partial charge in [-0.25, -0.2) is 0 Å². The van der Waals surface area contributed by atoms with Crippen LogP contribution < -0.4 is 10.6 Å². The Morgan fingerprint density at radius 1 is 1.11 bits per heavy atom. The Morgan fingerprint density at radius 3 is 2.21 bits per heavy atom. The summed E-state index contributed by atoms with van der Waals surface area (Å²) in [7, 11) is 0. The highest BCUT2D eigenvalue weighted by molar-refractivity contribution is 6.31. The summed E-state index contributed by atoms with van der Waals surface area (Å²) in [5, 5.41) is 0.875. The molecule has 2 N–H and O–H groups in total. The van der Waals surface area contributed by atoms with Crippen molar-refractivity contribution in [1.82, 2.24) is 0 Å². The Labute approximate surface area is 120 Å². The Kier molecular flexibility index (Phi) is 3.99. The Bertz CT molecular complexity index is 424. The van der Waals surface area contributed by atoms with Crippen molar-refractivity contribution >= 4 is 17.3 Å². The van der Waals surface area contributed by atoms with Crippen LogP contribution in [0.25, 0.3) is 0 Å². The molecule has 0 heterocycles. The fraction of sp³-hybridized carbons (Fsp3) is 0.625. The van der Waals surface area contributed by atoms with E-state index >= 15 is 0 Å². The number of benzene rings is 1. The molecule has 3 rings (SSSR count). The third kappa shape index (κ3) is 3.64. The molecule has 3 heteroatoms. The van der Waals surface area contributed by atoms with Crippen LogP contribution in [0.4, 0.5) is 5.69 Å². The van der Waals surface area contributed by atoms with Gasteiger partial charge in [0.05, 0.1) is 0 Å². The van der Waals surface area contributed by atoms with E-state index in [1.54, 1.807) is 0 Å². The van der Waals surface area contributed by atoms with Crippen molar-refractivity contribution in [1.29, 1.82) is 0 Å². The molecule has 0 aliphatic heterocycles. The summed E-state index contributed by atoms with van der Waals surface area (Å²) >= 11 is 6.37. The molecule has 2 aliphatic carbocycles. The number of nitrogens with two attached hydrogens (primary N) is 1. The minimum absolute atomic E-state index is 0.660. The maximum absolute atomic E-state index is 6.37. The molecule has 0 atom stereocenters. The predicted molar refractivity (Wildman–Crippen MR) is 81.9 cm³/mol. The molecule has 2 saturated carbocycles. The highest BCUT2D eigenvalue weighted by atomic mass is 35.5. The number of anilines is 1. The van der Waals surface area contributed by atoms with Gasteiger partial charge in [-0.1, -0.05) is 17.7 Å². The standard InChI is InChI=1S/C16H23ClN2/c17-16-9-15(6-5-14(16)7-8-18)19(10-12-1-2-12)11-13-3-4-13/h5-6,9,12-13H,1-4,7-8,10-11,18H2. The van der Waals surface area contributed by atoms with Crippen LogP contribution in [0.1, 0.15) is 31.2 Å². The first-order chi connectivity index (χ1) is 9.26. The summed E-state index contributed by atoms with van der Waals surface area (Å²) in [6.07, 6.45) is 6.48. The molecule has 1 aromatic rings. The zero-order valence-electron chi connectivity index (χ0n) is 11.4. The third-order valence-electron chi connectivity index (χ3n) is 4.17. The van der Waals surface area contributed by atoms with Crippen LogP contribution in [0.5, 0.6) is 0 Å². The van der Waals surface area contributed by atoms with Gasteiger partial charge >= 0.3 is 0 Å². The first-order valence-corrected chi connectivity index (χ1v) is 7.87. The van der Waals surface area contributed by atoms with E-state index in [1.807, 2.05) is 0 Å². The van der Waals surface area contributed by atoms with Crippen LogP contribution in [-0.4, -0.2) is 19.6 Å². The second kappa shape index (κ2) is 5.72. The van der Waals surface area contributed by atoms with Gasteiger partial charge in [0.2, 0.25) is 0 Å². The molecule has 19 heavy (non-hydrogen) atoms. The van der Waals surface area contributed by atoms with Crippen molar-refractivity contribution < 1.29 is 0 Å². The number of rotatable bonds is 7. The van der Waals surface area contributed by atoms with E-state index in [0.717, 1.165) is 23.3 Å². The van der Waals surface area contributed by atoms with E-state index in [1.165, 1.54) is 50.0 Å². The van der Waals surface area contributed by atoms with E-state index in [4.69, 9.17) is 17.3 Å². The summed E-state index contributed by atoms with van der Waals surface area (Å²) in [5.41, 5.74) is 8.07. The first-order valence-electron chi connectivity index (χ1n) is 7.49. The lowest BCUT2D eigenvalue weighted by atomic mass is 10.1. The highest BCUT2D eigenvalue weighted by Gasteiger charge is 2.29. The molecule has 0 spiro atoms. The number of hydrogen-bond acceptors (Lipinski definition) is 2. The molecule has 0 radical (unpaired) electrons. The van der Waals surface area contributed by atoms with Gasteiger partial charge in [0.1, 0.15) is 0 Å². The molecule has 2 fully saturated rings. The molecule has 104 valence electrons. The van der Waals surface area contributed by atoms with Gasteiger partial charge in [-0.05, 0) is 68.2 Å². The van der Waals surface area contributed by atoms with Gasteiger partial charge in [-0.2, -0.15) is 0 Å². The maximum Gasteiger partial charge on any atom is 0.0459 e. The lowest BCUT2D eigenvalue weighted by molar-refractivity contribution is 0.679. The molecule has 0 amide bonds. The highest BCUT2D eigenvalue weighted by Crippen LogP contribution is 2.36. The van der Waals surface area contributed by atoms with Gasteiger partial charge in [0.15, 0.2) is 0 Å². The second-order valence-corrected chi connectivity index (χ2v) is 6.51. The van der Waals surface area contributed by atoms with Gasteiger partial charge in [0, 0.05) is 23.8 Å². The summed E-state index contributed by atoms with van der Waals surface area (Å²) < 4.78 is 0. The Morgan fingerprint density at radius 2 is 1.74 bits per heavy atom. The first kappa shape index (κ1) is 13.3. The molecule has 0 unspecified atom stereocenters. The summed E-state index contributed by atoms with van der Waals surface area (Å²) in [6, 6.07) is 6.51. The van der Waals surface area contributed by atoms with E-state index in [-0.39, 0.29) is 0 Å². The lowest BCUT2D eigenvalue weighted by Crippen LogP contribution is -2.28. The maximum atomic E-state index is 6.37. The molecule has 2 aliphatic rings. The molecular weight excluding hydrogens is 256 g/mol. The van der Waals surface area contributed by atoms with Gasteiger partial charge < -0.3 is 10.6 Å². The summed E-state index contributed by atoms with van der Waals surface area (Å²) in [4.78, 5) is 2.55. The SMILES string of the molecule is NCCc1ccc(N(CC2CC2)CC2CC2)cc1Cl. The number of hydrogen-bond donors (Lipinski definition) is 1. The van der Waals surface area contributed by atoms with Crippen molar-refractivity contribution in [2.45, 2.75) is 32.1 Å². The van der Waals surface area contributed by atoms with Crippen molar-refractivity contribution in [2.75, 3.05) is 24.5 Å². The number of nitrogens with zero attached hydrogens (tertiary/aromatic N) is 1. The molecule has 0 saturated heterocycles. The van der Waals surface area contributed by atoms with E-state index in [9.17, 15) is 0 Å². The van der Waals surface area contributed by atoms with Crippen LogP contribution in [0.3, 0.4) is 0 Å². The summed E-state index contributed by atoms with van der Waals surface area (Å²) in [6.45, 7) is 3.08. The van der Waals surface area contributed by atoms with Crippen LogP contribution >= 0.6 is 11.6 Å². The normalized spacial score (nSPS) is 18.6. The van der Waals surface area contributed by atoms with Crippen LogP contribution in [-0.2, 0) is 6.42 Å². The van der Waals surface area contributed by atoms with Crippen LogP contribution in [0.15, 0.2) is 18.2 Å². The fourth-order valence-electron chi connectivity index (χ4n) is 2.60. The second-order valence-electron chi connectivity index (χ2n) is 6.11. The molecular formula is C16H23ClN2. The van der Waals surface area contributed by atoms with Crippen molar-refractivity contribution in [3.05, 3.63) is 28.8 Å². The zero-order chi connectivity index (χ0) is 13.2. The fourth-order valence-corrected chi connectivity index (χ4v) is 2.87. The van der Waals surface area contributed by atoms with Crippen molar-refractivity contribution in [3.8, 4) is 0 Å².